The number of aryl methyl sites for hydroxylation is 1. The minimum Gasteiger partial charge on any atom is -0.332 e. The third kappa shape index (κ3) is 2.38. The van der Waals surface area contributed by atoms with Crippen LogP contribution in [-0.2, 0) is 13.6 Å². The van der Waals surface area contributed by atoms with Crippen molar-refractivity contribution in [1.29, 1.82) is 0 Å². The van der Waals surface area contributed by atoms with Gasteiger partial charge in [-0.05, 0) is 25.0 Å². The summed E-state index contributed by atoms with van der Waals surface area (Å²) in [5.41, 5.74) is 0.523. The van der Waals surface area contributed by atoms with E-state index >= 15 is 0 Å². The van der Waals surface area contributed by atoms with Crippen LogP contribution in [0.25, 0.3) is 0 Å². The maximum Gasteiger partial charge on any atom is 0.274 e. The van der Waals surface area contributed by atoms with Gasteiger partial charge in [0.25, 0.3) is 5.91 Å². The Balaban J connectivity index is 1.74. The largest absolute Gasteiger partial charge is 0.332 e. The summed E-state index contributed by atoms with van der Waals surface area (Å²) in [6, 6.07) is 3.89. The monoisotopic (exact) mass is 259 g/mol. The quantitative estimate of drug-likeness (QED) is 0.823. The number of amides is 1. The van der Waals surface area contributed by atoms with Crippen LogP contribution in [0.15, 0.2) is 30.7 Å². The fourth-order valence-electron chi connectivity index (χ4n) is 2.59. The molecule has 2 aromatic heterocycles. The van der Waals surface area contributed by atoms with Gasteiger partial charge in [-0.2, -0.15) is 10.2 Å². The summed E-state index contributed by atoms with van der Waals surface area (Å²) in [6.07, 6.45) is 7.57. The molecule has 1 atom stereocenters. The van der Waals surface area contributed by atoms with Crippen molar-refractivity contribution in [3.63, 3.8) is 0 Å². The summed E-state index contributed by atoms with van der Waals surface area (Å²) >= 11 is 0. The highest BCUT2D eigenvalue weighted by Gasteiger charge is 2.30. The van der Waals surface area contributed by atoms with E-state index in [4.69, 9.17) is 0 Å². The molecule has 100 valence electrons. The lowest BCUT2D eigenvalue weighted by Gasteiger charge is -2.23. The first-order valence-corrected chi connectivity index (χ1v) is 6.52. The fourth-order valence-corrected chi connectivity index (χ4v) is 2.59. The van der Waals surface area contributed by atoms with E-state index in [0.717, 1.165) is 25.9 Å². The second-order valence-corrected chi connectivity index (χ2v) is 4.90. The second kappa shape index (κ2) is 4.87. The van der Waals surface area contributed by atoms with Gasteiger partial charge in [0.2, 0.25) is 0 Å². The van der Waals surface area contributed by atoms with Gasteiger partial charge >= 0.3 is 0 Å². The molecule has 6 nitrogen and oxygen atoms in total. The molecule has 1 saturated heterocycles. The summed E-state index contributed by atoms with van der Waals surface area (Å²) in [5, 5.41) is 8.40. The van der Waals surface area contributed by atoms with Gasteiger partial charge in [0.05, 0.1) is 12.6 Å². The van der Waals surface area contributed by atoms with Gasteiger partial charge in [0.1, 0.15) is 5.69 Å². The third-order valence-corrected chi connectivity index (χ3v) is 3.53. The number of hydrogen-bond acceptors (Lipinski definition) is 3. The predicted octanol–water partition coefficient (Wildman–Crippen LogP) is 0.921. The Morgan fingerprint density at radius 2 is 2.37 bits per heavy atom. The number of carbonyl (C=O) groups is 1. The smallest absolute Gasteiger partial charge is 0.274 e. The Labute approximate surface area is 111 Å². The maximum absolute atomic E-state index is 12.4. The van der Waals surface area contributed by atoms with Crippen LogP contribution in [0.2, 0.25) is 0 Å². The molecule has 0 aliphatic carbocycles. The van der Waals surface area contributed by atoms with Crippen LogP contribution < -0.4 is 0 Å². The third-order valence-electron chi connectivity index (χ3n) is 3.53. The summed E-state index contributed by atoms with van der Waals surface area (Å²) in [6.45, 7) is 1.56. The van der Waals surface area contributed by atoms with E-state index in [9.17, 15) is 4.79 Å². The van der Waals surface area contributed by atoms with Crippen LogP contribution in [0, 0.1) is 0 Å². The zero-order valence-corrected chi connectivity index (χ0v) is 10.9. The summed E-state index contributed by atoms with van der Waals surface area (Å²) in [5.74, 6) is 0.0234. The lowest BCUT2D eigenvalue weighted by atomic mass is 10.2. The van der Waals surface area contributed by atoms with Crippen molar-refractivity contribution in [2.24, 2.45) is 7.05 Å². The first kappa shape index (κ1) is 12.0. The number of rotatable bonds is 3. The maximum atomic E-state index is 12.4. The molecule has 1 aliphatic rings. The molecule has 0 N–H and O–H groups in total. The van der Waals surface area contributed by atoms with Crippen molar-refractivity contribution in [2.45, 2.75) is 25.4 Å². The molecule has 1 aliphatic heterocycles. The van der Waals surface area contributed by atoms with E-state index < -0.39 is 0 Å². The van der Waals surface area contributed by atoms with Crippen molar-refractivity contribution in [2.75, 3.05) is 6.54 Å². The van der Waals surface area contributed by atoms with Gasteiger partial charge in [0.15, 0.2) is 0 Å². The molecule has 0 saturated carbocycles. The molecular formula is C13H17N5O. The molecule has 1 amide bonds. The average Bonchev–Trinajstić information content (AvgIpc) is 3.10. The Morgan fingerprint density at radius 1 is 1.47 bits per heavy atom. The normalized spacial score (nSPS) is 19.0. The van der Waals surface area contributed by atoms with Crippen LogP contribution in [0.3, 0.4) is 0 Å². The Bertz CT molecular complexity index is 559. The molecule has 0 radical (unpaired) electrons. The zero-order valence-electron chi connectivity index (χ0n) is 10.9. The predicted molar refractivity (Wildman–Crippen MR) is 69.5 cm³/mol. The Morgan fingerprint density at radius 3 is 3.05 bits per heavy atom. The summed E-state index contributed by atoms with van der Waals surface area (Å²) in [7, 11) is 1.82. The molecule has 0 bridgehead atoms. The van der Waals surface area contributed by atoms with Gasteiger partial charge in [-0.3, -0.25) is 14.2 Å². The Hall–Kier alpha value is -2.11. The van der Waals surface area contributed by atoms with E-state index in [1.165, 1.54) is 0 Å². The van der Waals surface area contributed by atoms with Gasteiger partial charge < -0.3 is 4.90 Å². The minimum atomic E-state index is 0.0234. The molecule has 3 rings (SSSR count). The summed E-state index contributed by atoms with van der Waals surface area (Å²) < 4.78 is 3.54. The van der Waals surface area contributed by atoms with Crippen LogP contribution in [0.4, 0.5) is 0 Å². The number of aromatic nitrogens is 4. The number of carbonyl (C=O) groups excluding carboxylic acids is 1. The molecule has 3 heterocycles. The summed E-state index contributed by atoms with van der Waals surface area (Å²) in [4.78, 5) is 14.3. The minimum absolute atomic E-state index is 0.0234. The van der Waals surface area contributed by atoms with E-state index in [1.54, 1.807) is 23.1 Å². The van der Waals surface area contributed by atoms with E-state index in [0.29, 0.717) is 5.69 Å². The SMILES string of the molecule is Cn1ccc(C(=O)N2CCC[C@H]2Cn2cccn2)n1. The molecule has 19 heavy (non-hydrogen) atoms. The van der Waals surface area contributed by atoms with Crippen LogP contribution in [0.5, 0.6) is 0 Å². The topological polar surface area (TPSA) is 56.0 Å². The van der Waals surface area contributed by atoms with Gasteiger partial charge in [-0.1, -0.05) is 0 Å². The van der Waals surface area contributed by atoms with Crippen LogP contribution in [0.1, 0.15) is 23.3 Å². The van der Waals surface area contributed by atoms with E-state index in [1.807, 2.05) is 28.9 Å². The Kier molecular flexibility index (Phi) is 3.06. The molecule has 0 spiro atoms. The van der Waals surface area contributed by atoms with Crippen molar-refractivity contribution in [1.82, 2.24) is 24.5 Å². The van der Waals surface area contributed by atoms with Crippen molar-refractivity contribution in [3.8, 4) is 0 Å². The first-order valence-electron chi connectivity index (χ1n) is 6.52. The van der Waals surface area contributed by atoms with E-state index in [2.05, 4.69) is 10.2 Å². The number of nitrogens with zero attached hydrogens (tertiary/aromatic N) is 5. The number of hydrogen-bond donors (Lipinski definition) is 0. The highest BCUT2D eigenvalue weighted by molar-refractivity contribution is 5.92. The molecular weight excluding hydrogens is 242 g/mol. The highest BCUT2D eigenvalue weighted by atomic mass is 16.2. The van der Waals surface area contributed by atoms with Crippen LogP contribution in [-0.4, -0.2) is 43.0 Å². The average molecular weight is 259 g/mol. The zero-order chi connectivity index (χ0) is 13.2. The fraction of sp³-hybridized carbons (Fsp3) is 0.462. The number of likely N-dealkylation sites (tertiary alicyclic amines) is 1. The van der Waals surface area contributed by atoms with Crippen molar-refractivity contribution in [3.05, 3.63) is 36.4 Å². The van der Waals surface area contributed by atoms with E-state index in [-0.39, 0.29) is 11.9 Å². The van der Waals surface area contributed by atoms with Gasteiger partial charge in [0, 0.05) is 32.2 Å². The van der Waals surface area contributed by atoms with Crippen molar-refractivity contribution >= 4 is 5.91 Å². The standard InChI is InChI=1S/C13H17N5O/c1-16-9-5-12(15-16)13(19)18-8-2-4-11(18)10-17-7-3-6-14-17/h3,5-7,9,11H,2,4,8,10H2,1H3/t11-/m0/s1. The molecule has 0 unspecified atom stereocenters. The lowest BCUT2D eigenvalue weighted by Crippen LogP contribution is -2.38. The van der Waals surface area contributed by atoms with Crippen molar-refractivity contribution < 1.29 is 4.79 Å². The molecule has 6 heteroatoms. The molecule has 2 aromatic rings. The molecule has 0 aromatic carbocycles. The van der Waals surface area contributed by atoms with Gasteiger partial charge in [-0.25, -0.2) is 0 Å². The highest BCUT2D eigenvalue weighted by Crippen LogP contribution is 2.20. The molecule has 1 fully saturated rings. The first-order chi connectivity index (χ1) is 9.24. The lowest BCUT2D eigenvalue weighted by molar-refractivity contribution is 0.0715. The second-order valence-electron chi connectivity index (χ2n) is 4.90. The van der Waals surface area contributed by atoms with Crippen LogP contribution >= 0.6 is 0 Å². The van der Waals surface area contributed by atoms with Gasteiger partial charge in [-0.15, -0.1) is 0 Å².